The van der Waals surface area contributed by atoms with Crippen LogP contribution < -0.4 is 0 Å². The molecule has 0 aromatic heterocycles. The Morgan fingerprint density at radius 2 is 1.67 bits per heavy atom. The van der Waals surface area contributed by atoms with Crippen LogP contribution >= 0.6 is 0 Å². The van der Waals surface area contributed by atoms with Crippen LogP contribution in [0.1, 0.15) is 49.8 Å². The largest absolute Gasteiger partial charge is 0.199 e. The van der Waals surface area contributed by atoms with Gasteiger partial charge in [-0.3, -0.25) is 0 Å². The number of aryl methyl sites for hydroxylation is 2. The molecule has 0 saturated heterocycles. The average Bonchev–Trinajstić information content (AvgIpc) is 2.17. The standard InChI is InChI=1S/C14H21.Y/c1-4-6-7-8-14-10-12(3)9-13(5-2)11-14;/h9-11H,3-8H2,1-2H3;/q-1;. The van der Waals surface area contributed by atoms with E-state index < -0.39 is 0 Å². The van der Waals surface area contributed by atoms with Gasteiger partial charge in [0, 0.05) is 32.7 Å². The Bertz CT molecular complexity index is 279. The molecule has 1 rings (SSSR count). The van der Waals surface area contributed by atoms with Gasteiger partial charge in [0.1, 0.15) is 0 Å². The Balaban J connectivity index is 0.00000196. The van der Waals surface area contributed by atoms with E-state index in [4.69, 9.17) is 0 Å². The minimum absolute atomic E-state index is 0. The summed E-state index contributed by atoms with van der Waals surface area (Å²) in [6, 6.07) is 6.72. The fraction of sp³-hybridized carbons (Fsp3) is 0.500. The van der Waals surface area contributed by atoms with Crippen molar-refractivity contribution in [1.82, 2.24) is 0 Å². The second-order valence-electron chi connectivity index (χ2n) is 3.97. The molecule has 0 amide bonds. The van der Waals surface area contributed by atoms with Gasteiger partial charge in [-0.25, -0.2) is 0 Å². The second kappa shape index (κ2) is 8.36. The zero-order chi connectivity index (χ0) is 10.4. The van der Waals surface area contributed by atoms with Crippen LogP contribution in [0, 0.1) is 6.92 Å². The van der Waals surface area contributed by atoms with Crippen molar-refractivity contribution in [3.8, 4) is 0 Å². The van der Waals surface area contributed by atoms with Crippen LogP contribution in [0.3, 0.4) is 0 Å². The van der Waals surface area contributed by atoms with Crippen molar-refractivity contribution in [2.75, 3.05) is 0 Å². The number of hydrogen-bond acceptors (Lipinski definition) is 0. The Kier molecular flexibility index (Phi) is 8.47. The number of unbranched alkanes of at least 4 members (excludes halogenated alkanes) is 2. The summed E-state index contributed by atoms with van der Waals surface area (Å²) < 4.78 is 0. The maximum atomic E-state index is 4.02. The van der Waals surface area contributed by atoms with Crippen LogP contribution in [0.5, 0.6) is 0 Å². The van der Waals surface area contributed by atoms with E-state index in [-0.39, 0.29) is 32.7 Å². The van der Waals surface area contributed by atoms with Crippen LogP contribution in [-0.4, -0.2) is 0 Å². The molecule has 0 spiro atoms. The van der Waals surface area contributed by atoms with Crippen molar-refractivity contribution in [2.45, 2.75) is 46.0 Å². The molecule has 0 aliphatic carbocycles. The molecule has 1 radical (unpaired) electrons. The SMILES string of the molecule is [CH2-]c1cc(CC)cc(CCCCC)c1.[Y]. The third kappa shape index (κ3) is 5.73. The van der Waals surface area contributed by atoms with Crippen LogP contribution in [0.15, 0.2) is 18.2 Å². The van der Waals surface area contributed by atoms with E-state index >= 15 is 0 Å². The van der Waals surface area contributed by atoms with Crippen molar-refractivity contribution in [3.05, 3.63) is 41.8 Å². The van der Waals surface area contributed by atoms with E-state index in [9.17, 15) is 0 Å². The molecule has 0 unspecified atom stereocenters. The zero-order valence-corrected chi connectivity index (χ0v) is 12.9. The monoisotopic (exact) mass is 278 g/mol. The van der Waals surface area contributed by atoms with Crippen molar-refractivity contribution >= 4 is 0 Å². The number of benzene rings is 1. The first-order valence-electron chi connectivity index (χ1n) is 5.71. The smallest absolute Gasteiger partial charge is 0 e. The summed E-state index contributed by atoms with van der Waals surface area (Å²) in [6.45, 7) is 8.46. The van der Waals surface area contributed by atoms with Crippen molar-refractivity contribution in [2.24, 2.45) is 0 Å². The molecule has 0 aliphatic rings. The Hall–Kier alpha value is 0.194. The van der Waals surface area contributed by atoms with Crippen LogP contribution in [0.4, 0.5) is 0 Å². The third-order valence-electron chi connectivity index (χ3n) is 2.59. The first-order chi connectivity index (χ1) is 6.76. The van der Waals surface area contributed by atoms with Gasteiger partial charge in [-0.1, -0.05) is 39.2 Å². The minimum atomic E-state index is 0. The van der Waals surface area contributed by atoms with E-state index in [1.807, 2.05) is 0 Å². The predicted octanol–water partition coefficient (Wildman–Crippen LogP) is 4.16. The van der Waals surface area contributed by atoms with Gasteiger partial charge in [-0.05, 0) is 12.8 Å². The normalized spacial score (nSPS) is 9.73. The Labute approximate surface area is 120 Å². The molecule has 0 atom stereocenters. The molecule has 0 nitrogen and oxygen atoms in total. The minimum Gasteiger partial charge on any atom is -0.199 e. The Morgan fingerprint density at radius 3 is 2.27 bits per heavy atom. The fourth-order valence-corrected chi connectivity index (χ4v) is 1.77. The van der Waals surface area contributed by atoms with Gasteiger partial charge in [-0.15, -0.1) is 11.1 Å². The maximum absolute atomic E-state index is 4.02. The number of hydrogen-bond donors (Lipinski definition) is 0. The first-order valence-corrected chi connectivity index (χ1v) is 5.71. The van der Waals surface area contributed by atoms with Gasteiger partial charge >= 0.3 is 0 Å². The summed E-state index contributed by atoms with van der Waals surface area (Å²) >= 11 is 0. The van der Waals surface area contributed by atoms with E-state index in [0.29, 0.717) is 0 Å². The van der Waals surface area contributed by atoms with E-state index in [2.05, 4.69) is 39.0 Å². The average molecular weight is 278 g/mol. The van der Waals surface area contributed by atoms with E-state index in [1.54, 1.807) is 0 Å². The van der Waals surface area contributed by atoms with Gasteiger partial charge in [0.25, 0.3) is 0 Å². The van der Waals surface area contributed by atoms with Gasteiger partial charge in [0.05, 0.1) is 0 Å². The zero-order valence-electron chi connectivity index (χ0n) is 10.1. The molecule has 1 heteroatoms. The van der Waals surface area contributed by atoms with Crippen LogP contribution in [0.2, 0.25) is 0 Å². The van der Waals surface area contributed by atoms with Crippen molar-refractivity contribution in [3.63, 3.8) is 0 Å². The second-order valence-corrected chi connectivity index (χ2v) is 3.97. The van der Waals surface area contributed by atoms with Crippen molar-refractivity contribution < 1.29 is 32.7 Å². The Morgan fingerprint density at radius 1 is 1.00 bits per heavy atom. The molecule has 81 valence electrons. The summed E-state index contributed by atoms with van der Waals surface area (Å²) in [7, 11) is 0. The third-order valence-corrected chi connectivity index (χ3v) is 2.59. The molecular formula is C14H21Y-. The summed E-state index contributed by atoms with van der Waals surface area (Å²) in [5.41, 5.74) is 4.04. The quantitative estimate of drug-likeness (QED) is 0.560. The van der Waals surface area contributed by atoms with E-state index in [1.165, 1.54) is 36.8 Å². The summed E-state index contributed by atoms with van der Waals surface area (Å²) in [4.78, 5) is 0. The van der Waals surface area contributed by atoms with Crippen LogP contribution in [0.25, 0.3) is 0 Å². The molecular weight excluding hydrogens is 257 g/mol. The first kappa shape index (κ1) is 15.2. The fourth-order valence-electron chi connectivity index (χ4n) is 1.77. The van der Waals surface area contributed by atoms with E-state index in [0.717, 1.165) is 12.0 Å². The molecule has 0 bridgehead atoms. The molecule has 0 fully saturated rings. The summed E-state index contributed by atoms with van der Waals surface area (Å²) in [5.74, 6) is 0. The van der Waals surface area contributed by atoms with Gasteiger partial charge in [0.15, 0.2) is 0 Å². The van der Waals surface area contributed by atoms with Crippen molar-refractivity contribution in [1.29, 1.82) is 0 Å². The predicted molar refractivity (Wildman–Crippen MR) is 63.5 cm³/mol. The molecule has 0 aliphatic heterocycles. The van der Waals surface area contributed by atoms with Crippen LogP contribution in [-0.2, 0) is 45.6 Å². The topological polar surface area (TPSA) is 0 Å². The van der Waals surface area contributed by atoms with Gasteiger partial charge in [-0.2, -0.15) is 24.6 Å². The number of rotatable bonds is 5. The molecule has 0 N–H and O–H groups in total. The summed E-state index contributed by atoms with van der Waals surface area (Å²) in [6.07, 6.45) is 6.27. The molecule has 15 heavy (non-hydrogen) atoms. The molecule has 0 saturated carbocycles. The molecule has 1 aromatic rings. The molecule has 0 heterocycles. The molecule has 1 aromatic carbocycles. The van der Waals surface area contributed by atoms with Gasteiger partial charge in [0.2, 0.25) is 0 Å². The van der Waals surface area contributed by atoms with Gasteiger partial charge < -0.3 is 0 Å². The maximum Gasteiger partial charge on any atom is 0 e. The summed E-state index contributed by atoms with van der Waals surface area (Å²) in [5, 5.41) is 0.